The van der Waals surface area contributed by atoms with Crippen LogP contribution in [0.25, 0.3) is 11.1 Å². The maximum absolute atomic E-state index is 15.2. The first kappa shape index (κ1) is 22.6. The minimum absolute atomic E-state index is 0.0523. The molecule has 2 aromatic heterocycles. The number of nitrogens with zero attached hydrogens (tertiary/aromatic N) is 3. The molecule has 9 heteroatoms. The molecule has 0 unspecified atom stereocenters. The lowest BCUT2D eigenvalue weighted by Gasteiger charge is -2.12. The summed E-state index contributed by atoms with van der Waals surface area (Å²) in [6.45, 7) is 7.48. The topological polar surface area (TPSA) is 110 Å². The van der Waals surface area contributed by atoms with E-state index in [1.807, 2.05) is 20.8 Å². The zero-order valence-electron chi connectivity index (χ0n) is 19.0. The van der Waals surface area contributed by atoms with Crippen molar-refractivity contribution in [1.82, 2.24) is 20.4 Å². The van der Waals surface area contributed by atoms with Crippen LogP contribution in [0.15, 0.2) is 35.0 Å². The lowest BCUT2D eigenvalue weighted by Crippen LogP contribution is -2.25. The van der Waals surface area contributed by atoms with E-state index < -0.39 is 11.7 Å². The van der Waals surface area contributed by atoms with E-state index in [0.717, 1.165) is 12.8 Å². The minimum Gasteiger partial charge on any atom is -0.345 e. The fourth-order valence-corrected chi connectivity index (χ4v) is 3.25. The highest BCUT2D eigenvalue weighted by Crippen LogP contribution is 2.31. The Morgan fingerprint density at radius 3 is 2.64 bits per heavy atom. The lowest BCUT2D eigenvalue weighted by molar-refractivity contribution is -0.117. The molecule has 0 atom stereocenters. The van der Waals surface area contributed by atoms with E-state index in [1.165, 1.54) is 6.20 Å². The Kier molecular flexibility index (Phi) is 5.97. The second-order valence-corrected chi connectivity index (χ2v) is 9.26. The highest BCUT2D eigenvalue weighted by Gasteiger charge is 2.30. The normalized spacial score (nSPS) is 13.6. The summed E-state index contributed by atoms with van der Waals surface area (Å²) in [6.07, 6.45) is 3.32. The van der Waals surface area contributed by atoms with E-state index in [9.17, 15) is 9.59 Å². The average Bonchev–Trinajstić information content (AvgIpc) is 3.49. The number of rotatable bonds is 6. The number of nitrogens with one attached hydrogen (secondary N) is 2. The Morgan fingerprint density at radius 2 is 1.97 bits per heavy atom. The molecule has 2 N–H and O–H groups in total. The van der Waals surface area contributed by atoms with Gasteiger partial charge in [0.2, 0.25) is 11.8 Å². The highest BCUT2D eigenvalue weighted by atomic mass is 19.1. The third-order valence-electron chi connectivity index (χ3n) is 5.48. The second-order valence-electron chi connectivity index (χ2n) is 9.26. The largest absolute Gasteiger partial charge is 0.345 e. The molecule has 3 aromatic rings. The van der Waals surface area contributed by atoms with Gasteiger partial charge in [-0.1, -0.05) is 38.1 Å². The van der Waals surface area contributed by atoms with Crippen molar-refractivity contribution >= 4 is 17.6 Å². The van der Waals surface area contributed by atoms with E-state index in [-0.39, 0.29) is 29.6 Å². The third-order valence-corrected chi connectivity index (χ3v) is 5.48. The van der Waals surface area contributed by atoms with E-state index >= 15 is 4.39 Å². The SMILES string of the molecule is Cc1c(CNC(=O)c2noc(C(C)(C)C)n2)ccc(-c2ccnc(NC(=O)C3CC3)c2)c1F. The first-order valence-corrected chi connectivity index (χ1v) is 10.8. The lowest BCUT2D eigenvalue weighted by atomic mass is 9.97. The number of halogens is 1. The monoisotopic (exact) mass is 451 g/mol. The predicted molar refractivity (Wildman–Crippen MR) is 120 cm³/mol. The summed E-state index contributed by atoms with van der Waals surface area (Å²) in [6, 6.07) is 6.75. The molecule has 2 heterocycles. The number of carbonyl (C=O) groups excluding carboxylic acids is 2. The molecular formula is C24H26FN5O3. The van der Waals surface area contributed by atoms with Crippen LogP contribution in [-0.4, -0.2) is 26.9 Å². The molecule has 1 aliphatic rings. The molecular weight excluding hydrogens is 425 g/mol. The summed E-state index contributed by atoms with van der Waals surface area (Å²) in [5.41, 5.74) is 1.67. The third kappa shape index (κ3) is 5.08. The van der Waals surface area contributed by atoms with Gasteiger partial charge in [-0.05, 0) is 48.6 Å². The summed E-state index contributed by atoms with van der Waals surface area (Å²) in [5.74, 6) is -0.204. The molecule has 0 saturated heterocycles. The number of amides is 2. The second kappa shape index (κ2) is 8.73. The molecule has 4 rings (SSSR count). The van der Waals surface area contributed by atoms with Crippen molar-refractivity contribution in [2.45, 2.75) is 52.5 Å². The van der Waals surface area contributed by atoms with Crippen LogP contribution in [0.3, 0.4) is 0 Å². The summed E-state index contributed by atoms with van der Waals surface area (Å²) < 4.78 is 20.3. The van der Waals surface area contributed by atoms with Crippen molar-refractivity contribution in [3.8, 4) is 11.1 Å². The minimum atomic E-state index is -0.497. The van der Waals surface area contributed by atoms with Crippen molar-refractivity contribution in [3.63, 3.8) is 0 Å². The Labute approximate surface area is 191 Å². The quantitative estimate of drug-likeness (QED) is 0.582. The Hall–Kier alpha value is -3.62. The standard InChI is InChI=1S/C24H26FN5O3/c1-13-16(12-27-22(32)20-29-23(33-30-20)24(2,3)4)7-8-17(19(13)25)15-9-10-26-18(11-15)28-21(31)14-5-6-14/h7-11,14H,5-6,12H2,1-4H3,(H,27,32)(H,26,28,31). The van der Waals surface area contributed by atoms with Crippen LogP contribution < -0.4 is 10.6 Å². The predicted octanol–water partition coefficient (Wildman–Crippen LogP) is 4.16. The molecule has 1 aromatic carbocycles. The Morgan fingerprint density at radius 1 is 1.21 bits per heavy atom. The van der Waals surface area contributed by atoms with Gasteiger partial charge in [-0.2, -0.15) is 4.98 Å². The van der Waals surface area contributed by atoms with E-state index in [2.05, 4.69) is 25.8 Å². The molecule has 0 spiro atoms. The van der Waals surface area contributed by atoms with Crippen LogP contribution in [0.2, 0.25) is 0 Å². The first-order valence-electron chi connectivity index (χ1n) is 10.8. The Balaban J connectivity index is 1.47. The van der Waals surface area contributed by atoms with Gasteiger partial charge in [0.25, 0.3) is 11.7 Å². The molecule has 1 saturated carbocycles. The van der Waals surface area contributed by atoms with Crippen LogP contribution in [0.1, 0.15) is 61.2 Å². The Bertz CT molecular complexity index is 1210. The summed E-state index contributed by atoms with van der Waals surface area (Å²) in [4.78, 5) is 32.7. The highest BCUT2D eigenvalue weighted by molar-refractivity contribution is 5.93. The maximum Gasteiger partial charge on any atom is 0.292 e. The molecule has 1 aliphatic carbocycles. The van der Waals surface area contributed by atoms with Gasteiger partial charge in [0.15, 0.2) is 0 Å². The molecule has 1 fully saturated rings. The van der Waals surface area contributed by atoms with Crippen LogP contribution in [0.4, 0.5) is 10.2 Å². The number of anilines is 1. The average molecular weight is 452 g/mol. The smallest absolute Gasteiger partial charge is 0.292 e. The van der Waals surface area contributed by atoms with Gasteiger partial charge in [-0.3, -0.25) is 9.59 Å². The summed E-state index contributed by atoms with van der Waals surface area (Å²) in [7, 11) is 0. The fourth-order valence-electron chi connectivity index (χ4n) is 3.25. The molecule has 0 aliphatic heterocycles. The van der Waals surface area contributed by atoms with Gasteiger partial charge in [0.05, 0.1) is 0 Å². The van der Waals surface area contributed by atoms with Crippen LogP contribution >= 0.6 is 0 Å². The van der Waals surface area contributed by atoms with Gasteiger partial charge in [-0.15, -0.1) is 0 Å². The summed E-state index contributed by atoms with van der Waals surface area (Å²) in [5, 5.41) is 9.21. The number of benzene rings is 1. The van der Waals surface area contributed by atoms with Gasteiger partial charge < -0.3 is 15.2 Å². The van der Waals surface area contributed by atoms with Crippen molar-refractivity contribution in [3.05, 3.63) is 59.1 Å². The van der Waals surface area contributed by atoms with Gasteiger partial charge in [0.1, 0.15) is 11.6 Å². The zero-order valence-corrected chi connectivity index (χ0v) is 19.0. The number of pyridine rings is 1. The van der Waals surface area contributed by atoms with Crippen molar-refractivity contribution < 1.29 is 18.5 Å². The van der Waals surface area contributed by atoms with Crippen LogP contribution in [-0.2, 0) is 16.8 Å². The molecule has 0 radical (unpaired) electrons. The van der Waals surface area contributed by atoms with Crippen LogP contribution in [0.5, 0.6) is 0 Å². The maximum atomic E-state index is 15.2. The molecule has 8 nitrogen and oxygen atoms in total. The number of hydrogen-bond donors (Lipinski definition) is 2. The number of aromatic nitrogens is 3. The number of carbonyl (C=O) groups is 2. The van der Waals surface area contributed by atoms with Crippen molar-refractivity contribution in [2.24, 2.45) is 5.92 Å². The van der Waals surface area contributed by atoms with Crippen molar-refractivity contribution in [2.75, 3.05) is 5.32 Å². The van der Waals surface area contributed by atoms with Crippen LogP contribution in [0, 0.1) is 18.7 Å². The van der Waals surface area contributed by atoms with Gasteiger partial charge >= 0.3 is 0 Å². The molecule has 33 heavy (non-hydrogen) atoms. The first-order chi connectivity index (χ1) is 15.6. The molecule has 2 amide bonds. The van der Waals surface area contributed by atoms with Crippen molar-refractivity contribution in [1.29, 1.82) is 0 Å². The molecule has 172 valence electrons. The van der Waals surface area contributed by atoms with Gasteiger partial charge in [-0.25, -0.2) is 9.37 Å². The number of hydrogen-bond acceptors (Lipinski definition) is 6. The summed E-state index contributed by atoms with van der Waals surface area (Å²) >= 11 is 0. The van der Waals surface area contributed by atoms with E-state index in [4.69, 9.17) is 4.52 Å². The van der Waals surface area contributed by atoms with E-state index in [1.54, 1.807) is 31.2 Å². The fraction of sp³-hybridized carbons (Fsp3) is 0.375. The molecule has 0 bridgehead atoms. The zero-order chi connectivity index (χ0) is 23.8. The van der Waals surface area contributed by atoms with Gasteiger partial charge in [0, 0.05) is 29.6 Å². The van der Waals surface area contributed by atoms with E-state index in [0.29, 0.717) is 34.0 Å².